The van der Waals surface area contributed by atoms with Crippen LogP contribution < -0.4 is 10.6 Å². The number of nitrogens with one attached hydrogen (secondary N) is 2. The average Bonchev–Trinajstić information content (AvgIpc) is 2.99. The Hall–Kier alpha value is -1.77. The van der Waals surface area contributed by atoms with Crippen molar-refractivity contribution >= 4 is 5.96 Å². The molecule has 0 amide bonds. The fourth-order valence-electron chi connectivity index (χ4n) is 3.31. The van der Waals surface area contributed by atoms with E-state index in [0.717, 1.165) is 13.1 Å². The lowest BCUT2D eigenvalue weighted by Gasteiger charge is -2.41. The number of likely N-dealkylation sites (tertiary alicyclic amines) is 1. The minimum absolute atomic E-state index is 0.0535. The number of aromatic nitrogens is 2. The van der Waals surface area contributed by atoms with Crippen molar-refractivity contribution < 1.29 is 13.2 Å². The van der Waals surface area contributed by atoms with Crippen LogP contribution in [0, 0.1) is 0 Å². The topological polar surface area (TPSA) is 57.5 Å². The number of guanidine groups is 1. The van der Waals surface area contributed by atoms with Gasteiger partial charge in [0.15, 0.2) is 11.7 Å². The molecule has 0 unspecified atom stereocenters. The quantitative estimate of drug-likeness (QED) is 0.581. The monoisotopic (exact) mass is 388 g/mol. The van der Waals surface area contributed by atoms with Gasteiger partial charge in [0.2, 0.25) is 0 Å². The molecule has 27 heavy (non-hydrogen) atoms. The van der Waals surface area contributed by atoms with Gasteiger partial charge < -0.3 is 10.6 Å². The highest BCUT2D eigenvalue weighted by molar-refractivity contribution is 5.79. The summed E-state index contributed by atoms with van der Waals surface area (Å²) in [6, 6.07) is 0. The predicted molar refractivity (Wildman–Crippen MR) is 101 cm³/mol. The Balaban J connectivity index is 2.04. The maximum absolute atomic E-state index is 13.1. The first-order chi connectivity index (χ1) is 12.6. The average molecular weight is 388 g/mol. The van der Waals surface area contributed by atoms with E-state index in [2.05, 4.69) is 39.5 Å². The number of halogens is 3. The Morgan fingerprint density at radius 2 is 1.85 bits per heavy atom. The first-order valence-electron chi connectivity index (χ1n) is 9.50. The lowest BCUT2D eigenvalue weighted by Crippen LogP contribution is -2.54. The van der Waals surface area contributed by atoms with E-state index in [1.165, 1.54) is 37.2 Å². The molecule has 0 radical (unpaired) electrons. The third-order valence-corrected chi connectivity index (χ3v) is 4.83. The summed E-state index contributed by atoms with van der Waals surface area (Å²) in [5.41, 5.74) is -0.863. The number of aryl methyl sites for hydroxylation is 1. The summed E-state index contributed by atoms with van der Waals surface area (Å²) in [5.74, 6) is 0.513. The molecule has 1 aliphatic rings. The van der Waals surface area contributed by atoms with Gasteiger partial charge in [-0.1, -0.05) is 6.42 Å². The second-order valence-electron chi connectivity index (χ2n) is 7.58. The zero-order valence-corrected chi connectivity index (χ0v) is 16.7. The minimum Gasteiger partial charge on any atom is -0.357 e. The summed E-state index contributed by atoms with van der Waals surface area (Å²) < 4.78 is 40.4. The van der Waals surface area contributed by atoms with Gasteiger partial charge in [-0.25, -0.2) is 4.99 Å². The zero-order chi connectivity index (χ0) is 20.1. The number of hydrogen-bond acceptors (Lipinski definition) is 3. The number of alkyl halides is 3. The van der Waals surface area contributed by atoms with Gasteiger partial charge in [0.25, 0.3) is 0 Å². The van der Waals surface area contributed by atoms with E-state index in [1.807, 2.05) is 6.92 Å². The predicted octanol–water partition coefficient (Wildman–Crippen LogP) is 2.76. The highest BCUT2D eigenvalue weighted by Crippen LogP contribution is 2.30. The molecule has 1 fully saturated rings. The molecule has 154 valence electrons. The summed E-state index contributed by atoms with van der Waals surface area (Å²) in [6.45, 7) is 9.66. The number of aliphatic imine (C=N–C) groups is 1. The van der Waals surface area contributed by atoms with Gasteiger partial charge in [-0.15, -0.1) is 0 Å². The molecule has 1 saturated heterocycles. The van der Waals surface area contributed by atoms with Crippen molar-refractivity contribution in [1.29, 1.82) is 0 Å². The molecule has 1 aliphatic heterocycles. The maximum atomic E-state index is 13.1. The third kappa shape index (κ3) is 6.12. The number of rotatable bonds is 6. The first-order valence-corrected chi connectivity index (χ1v) is 9.50. The second kappa shape index (κ2) is 8.95. The molecule has 0 bridgehead atoms. The van der Waals surface area contributed by atoms with Crippen LogP contribution in [0.1, 0.15) is 51.3 Å². The highest BCUT2D eigenvalue weighted by atomic mass is 19.4. The van der Waals surface area contributed by atoms with Crippen molar-refractivity contribution in [2.75, 3.05) is 26.2 Å². The summed E-state index contributed by atoms with van der Waals surface area (Å²) >= 11 is 0. The molecule has 0 saturated carbocycles. The van der Waals surface area contributed by atoms with E-state index in [1.54, 1.807) is 0 Å². The molecule has 0 atom stereocenters. The lowest BCUT2D eigenvalue weighted by molar-refractivity contribution is -0.142. The van der Waals surface area contributed by atoms with Crippen LogP contribution in [-0.2, 0) is 19.8 Å². The number of hydrogen-bond donors (Lipinski definition) is 2. The van der Waals surface area contributed by atoms with Gasteiger partial charge in [-0.3, -0.25) is 9.58 Å². The molecule has 1 aromatic rings. The molecule has 6 nitrogen and oxygen atoms in total. The molecule has 0 spiro atoms. The maximum Gasteiger partial charge on any atom is 0.435 e. The first kappa shape index (κ1) is 21.5. The van der Waals surface area contributed by atoms with E-state index >= 15 is 0 Å². The van der Waals surface area contributed by atoms with E-state index in [0.29, 0.717) is 19.0 Å². The molecule has 2 rings (SSSR count). The van der Waals surface area contributed by atoms with Crippen molar-refractivity contribution in [1.82, 2.24) is 25.3 Å². The van der Waals surface area contributed by atoms with Crippen molar-refractivity contribution in [2.45, 2.75) is 58.3 Å². The molecule has 2 heterocycles. The number of nitrogens with zero attached hydrogens (tertiary/aromatic N) is 4. The molecular formula is C18H31F3N6. The Labute approximate surface area is 159 Å². The summed E-state index contributed by atoms with van der Waals surface area (Å²) in [5, 5.41) is 9.91. The van der Waals surface area contributed by atoms with Crippen LogP contribution >= 0.6 is 0 Å². The smallest absolute Gasteiger partial charge is 0.357 e. The Bertz CT molecular complexity index is 630. The van der Waals surface area contributed by atoms with Crippen molar-refractivity contribution in [3.8, 4) is 0 Å². The van der Waals surface area contributed by atoms with Crippen LogP contribution in [0.5, 0.6) is 0 Å². The molecule has 0 aromatic carbocycles. The van der Waals surface area contributed by atoms with Crippen LogP contribution in [-0.4, -0.2) is 52.4 Å². The van der Waals surface area contributed by atoms with E-state index in [-0.39, 0.29) is 17.6 Å². The van der Waals surface area contributed by atoms with Crippen LogP contribution in [0.4, 0.5) is 13.2 Å². The van der Waals surface area contributed by atoms with Crippen molar-refractivity contribution in [3.05, 3.63) is 17.5 Å². The Kier molecular flexibility index (Phi) is 7.13. The Morgan fingerprint density at radius 3 is 2.44 bits per heavy atom. The third-order valence-electron chi connectivity index (χ3n) is 4.83. The summed E-state index contributed by atoms with van der Waals surface area (Å²) in [4.78, 5) is 6.80. The zero-order valence-electron chi connectivity index (χ0n) is 16.7. The van der Waals surface area contributed by atoms with Gasteiger partial charge in [0.05, 0.1) is 6.54 Å². The molecule has 1 aromatic heterocycles. The van der Waals surface area contributed by atoms with E-state index < -0.39 is 11.9 Å². The van der Waals surface area contributed by atoms with Gasteiger partial charge >= 0.3 is 6.18 Å². The minimum atomic E-state index is -4.48. The van der Waals surface area contributed by atoms with Crippen LogP contribution in [0.25, 0.3) is 0 Å². The normalized spacial score (nSPS) is 17.2. The van der Waals surface area contributed by atoms with Crippen LogP contribution in [0.15, 0.2) is 11.2 Å². The SMILES string of the molecule is CCNC(=NCc1cn(C)nc1C(F)(F)F)NCC(C)(C)N1CCCCC1. The van der Waals surface area contributed by atoms with E-state index in [4.69, 9.17) is 0 Å². The summed E-state index contributed by atoms with van der Waals surface area (Å²) in [7, 11) is 1.48. The highest BCUT2D eigenvalue weighted by Gasteiger charge is 2.36. The molecule has 9 heteroatoms. The lowest BCUT2D eigenvalue weighted by atomic mass is 9.98. The fraction of sp³-hybridized carbons (Fsp3) is 0.778. The number of piperidine rings is 1. The second-order valence-corrected chi connectivity index (χ2v) is 7.58. The molecule has 2 N–H and O–H groups in total. The molecule has 0 aliphatic carbocycles. The van der Waals surface area contributed by atoms with Gasteiger partial charge in [-0.2, -0.15) is 18.3 Å². The van der Waals surface area contributed by atoms with Crippen LogP contribution in [0.3, 0.4) is 0 Å². The van der Waals surface area contributed by atoms with Crippen LogP contribution in [0.2, 0.25) is 0 Å². The van der Waals surface area contributed by atoms with E-state index in [9.17, 15) is 13.2 Å². The van der Waals surface area contributed by atoms with Crippen molar-refractivity contribution in [2.24, 2.45) is 12.0 Å². The molecular weight excluding hydrogens is 357 g/mol. The van der Waals surface area contributed by atoms with Gasteiger partial charge in [0.1, 0.15) is 0 Å². The van der Waals surface area contributed by atoms with Crippen molar-refractivity contribution in [3.63, 3.8) is 0 Å². The summed E-state index contributed by atoms with van der Waals surface area (Å²) in [6.07, 6.45) is 0.579. The fourth-order valence-corrected chi connectivity index (χ4v) is 3.31. The standard InChI is InChI=1S/C18H31F3N6/c1-5-22-16(24-13-17(2,3)27-9-7-6-8-10-27)23-11-14-12-26(4)25-15(14)18(19,20)21/h12H,5-11,13H2,1-4H3,(H2,22,23,24). The van der Waals surface area contributed by atoms with Gasteiger partial charge in [-0.05, 0) is 46.7 Å². The van der Waals surface area contributed by atoms with Gasteiger partial charge in [0, 0.05) is 37.4 Å². The largest absolute Gasteiger partial charge is 0.435 e. The Morgan fingerprint density at radius 1 is 1.19 bits per heavy atom.